The smallest absolute Gasteiger partial charge is 0.462 e. The maximum Gasteiger partial charge on any atom is 0.469 e. The van der Waals surface area contributed by atoms with Crippen molar-refractivity contribution in [2.75, 3.05) is 13.2 Å². The Bertz CT molecular complexity index is 1130. The molecule has 0 unspecified atom stereocenters. The van der Waals surface area contributed by atoms with Gasteiger partial charge in [-0.1, -0.05) is 193 Å². The molecule has 12 heteroatoms. The van der Waals surface area contributed by atoms with Gasteiger partial charge in [0.25, 0.3) is 0 Å². The zero-order chi connectivity index (χ0) is 43.4. The normalized spacial score (nSPS) is 18.1. The molecule has 346 valence electrons. The molecule has 5 atom stereocenters. The quantitative estimate of drug-likeness (QED) is 0.0199. The third kappa shape index (κ3) is 32.7. The van der Waals surface area contributed by atoms with Crippen molar-refractivity contribution >= 4 is 25.5 Å². The largest absolute Gasteiger partial charge is 0.469 e. The molecule has 0 spiro atoms. The fourth-order valence-electron chi connectivity index (χ4n) is 8.04. The molecule has 0 radical (unpaired) electrons. The molecule has 0 aromatic rings. The van der Waals surface area contributed by atoms with Crippen LogP contribution in [0.5, 0.6) is 0 Å². The molecular weight excluding hydrogens is 771 g/mol. The van der Waals surface area contributed by atoms with Gasteiger partial charge in [-0.2, -0.15) is 0 Å². The van der Waals surface area contributed by atoms with Crippen molar-refractivity contribution in [1.29, 1.82) is 0 Å². The second-order valence-corrected chi connectivity index (χ2v) is 18.5. The number of unbranched alkanes of at least 4 members (excludes halogenated alkanes) is 25. The van der Waals surface area contributed by atoms with E-state index in [1.807, 2.05) is 6.08 Å². The Morgan fingerprint density at radius 3 is 1.59 bits per heavy atom. The van der Waals surface area contributed by atoms with Crippen LogP contribution in [0.4, 0.5) is 0 Å². The van der Waals surface area contributed by atoms with Gasteiger partial charge in [0.15, 0.2) is 6.10 Å². The number of phosphoric ester groups is 1. The van der Waals surface area contributed by atoms with Gasteiger partial charge in [0, 0.05) is 31.1 Å². The molecule has 1 aliphatic carbocycles. The van der Waals surface area contributed by atoms with Gasteiger partial charge in [-0.05, 0) is 25.7 Å². The summed E-state index contributed by atoms with van der Waals surface area (Å²) in [5.41, 5.74) is 0. The van der Waals surface area contributed by atoms with Crippen LogP contribution in [-0.4, -0.2) is 69.2 Å². The summed E-state index contributed by atoms with van der Waals surface area (Å²) < 4.78 is 26.5. The van der Waals surface area contributed by atoms with Gasteiger partial charge >= 0.3 is 19.8 Å². The third-order valence-electron chi connectivity index (χ3n) is 11.7. The highest BCUT2D eigenvalue weighted by Gasteiger charge is 2.39. The summed E-state index contributed by atoms with van der Waals surface area (Å²) in [5, 5.41) is 20.7. The van der Waals surface area contributed by atoms with Crippen LogP contribution >= 0.6 is 7.82 Å². The molecule has 0 saturated heterocycles. The lowest BCUT2D eigenvalue weighted by Gasteiger charge is -2.18. The summed E-state index contributed by atoms with van der Waals surface area (Å²) in [4.78, 5) is 55.8. The molecule has 0 heterocycles. The maximum absolute atomic E-state index is 12.5. The summed E-state index contributed by atoms with van der Waals surface area (Å²) >= 11 is 0. The molecule has 0 aliphatic heterocycles. The molecule has 1 rings (SSSR count). The molecule has 1 saturated carbocycles. The second-order valence-electron chi connectivity index (χ2n) is 17.2. The van der Waals surface area contributed by atoms with Crippen molar-refractivity contribution in [2.24, 2.45) is 11.8 Å². The standard InChI is InChI=1S/C47H87O11P/c1-3-5-7-8-9-10-11-12-13-14-15-16-17-18-19-20-21-22-23-24-30-34-47(52)58-41(39-57-59(53,54)55)38-56-46(51)33-29-26-25-28-32-42-43(45(50)37-44(42)49)36-35-40(48)31-27-6-4-2/h35-36,40-43,45,48,50H,3-34,37-39H2,1-2H3,(H2,53,54,55)/b36-35+/t40-,41+,42+,43+,45+/m0/s1. The Morgan fingerprint density at radius 2 is 1.10 bits per heavy atom. The number of esters is 2. The third-order valence-corrected chi connectivity index (χ3v) is 12.2. The van der Waals surface area contributed by atoms with E-state index in [1.165, 1.54) is 109 Å². The van der Waals surface area contributed by atoms with E-state index in [2.05, 4.69) is 18.4 Å². The number of aliphatic hydroxyl groups excluding tert-OH is 2. The van der Waals surface area contributed by atoms with Gasteiger partial charge < -0.3 is 29.5 Å². The summed E-state index contributed by atoms with van der Waals surface area (Å²) in [6.07, 6.45) is 35.5. The van der Waals surface area contributed by atoms with Crippen molar-refractivity contribution in [3.05, 3.63) is 12.2 Å². The van der Waals surface area contributed by atoms with Gasteiger partial charge in [0.1, 0.15) is 12.4 Å². The van der Waals surface area contributed by atoms with Crippen LogP contribution in [0.2, 0.25) is 0 Å². The fraction of sp³-hybridized carbons (Fsp3) is 0.894. The van der Waals surface area contributed by atoms with Gasteiger partial charge in [-0.25, -0.2) is 4.57 Å². The monoisotopic (exact) mass is 859 g/mol. The second kappa shape index (κ2) is 37.0. The predicted molar refractivity (Wildman–Crippen MR) is 236 cm³/mol. The average molecular weight is 859 g/mol. The lowest BCUT2D eigenvalue weighted by molar-refractivity contribution is -0.161. The molecule has 0 bridgehead atoms. The van der Waals surface area contributed by atoms with E-state index < -0.39 is 44.7 Å². The zero-order valence-corrected chi connectivity index (χ0v) is 38.3. The number of ketones is 1. The van der Waals surface area contributed by atoms with Crippen molar-refractivity contribution in [1.82, 2.24) is 0 Å². The molecule has 0 aromatic heterocycles. The maximum atomic E-state index is 12.5. The van der Waals surface area contributed by atoms with Crippen LogP contribution in [0.15, 0.2) is 12.2 Å². The number of rotatable bonds is 41. The highest BCUT2D eigenvalue weighted by Crippen LogP contribution is 2.36. The van der Waals surface area contributed by atoms with E-state index in [4.69, 9.17) is 19.3 Å². The van der Waals surface area contributed by atoms with Gasteiger partial charge in [0.2, 0.25) is 0 Å². The van der Waals surface area contributed by atoms with Crippen LogP contribution in [0, 0.1) is 11.8 Å². The first-order chi connectivity index (χ1) is 28.5. The van der Waals surface area contributed by atoms with Crippen LogP contribution in [0.1, 0.15) is 226 Å². The molecule has 0 amide bonds. The van der Waals surface area contributed by atoms with E-state index in [1.54, 1.807) is 6.08 Å². The minimum atomic E-state index is -4.81. The summed E-state index contributed by atoms with van der Waals surface area (Å²) in [5.74, 6) is -1.55. The Balaban J connectivity index is 2.15. The van der Waals surface area contributed by atoms with E-state index in [0.717, 1.165) is 57.8 Å². The number of Topliss-reactive ketones (excluding diaryl/α,β-unsaturated/α-hetero) is 1. The Kier molecular flexibility index (Phi) is 34.7. The average Bonchev–Trinajstić information content (AvgIpc) is 3.47. The molecular formula is C47H87O11P. The lowest BCUT2D eigenvalue weighted by Crippen LogP contribution is -2.29. The van der Waals surface area contributed by atoms with Crippen LogP contribution in [-0.2, 0) is 32.9 Å². The molecule has 0 aromatic carbocycles. The molecule has 11 nitrogen and oxygen atoms in total. The lowest BCUT2D eigenvalue weighted by atomic mass is 9.88. The summed E-state index contributed by atoms with van der Waals surface area (Å²) in [6.45, 7) is 3.42. The number of ether oxygens (including phenoxy) is 2. The fourth-order valence-corrected chi connectivity index (χ4v) is 8.40. The first-order valence-corrected chi connectivity index (χ1v) is 25.6. The Hall–Kier alpha value is -1.62. The van der Waals surface area contributed by atoms with E-state index in [-0.39, 0.29) is 43.5 Å². The molecule has 59 heavy (non-hydrogen) atoms. The van der Waals surface area contributed by atoms with Crippen molar-refractivity contribution in [3.8, 4) is 0 Å². The molecule has 1 fully saturated rings. The minimum absolute atomic E-state index is 0.0464. The number of hydrogen-bond donors (Lipinski definition) is 4. The minimum Gasteiger partial charge on any atom is -0.462 e. The van der Waals surface area contributed by atoms with Crippen molar-refractivity contribution in [3.63, 3.8) is 0 Å². The van der Waals surface area contributed by atoms with Crippen molar-refractivity contribution < 1.29 is 52.9 Å². The first-order valence-electron chi connectivity index (χ1n) is 24.1. The number of phosphoric acid groups is 1. The van der Waals surface area contributed by atoms with Crippen molar-refractivity contribution in [2.45, 2.75) is 244 Å². The first kappa shape index (κ1) is 55.4. The number of aliphatic hydroxyl groups is 2. The Morgan fingerprint density at radius 1 is 0.661 bits per heavy atom. The highest BCUT2D eigenvalue weighted by atomic mass is 31.2. The SMILES string of the molecule is CCCCCCCCCCCCCCCCCCCCCCCC(=O)O[C@H](COC(=O)CCCCCC[C@H]1C(=O)C[C@@H](O)[C@@H]1/C=C/[C@@H](O)CCCCC)COP(=O)(O)O. The number of hydrogen-bond acceptors (Lipinski definition) is 9. The Labute approximate surface area is 358 Å². The number of carbonyl (C=O) groups excluding carboxylic acids is 3. The zero-order valence-electron chi connectivity index (χ0n) is 37.4. The van der Waals surface area contributed by atoms with Crippen LogP contribution in [0.25, 0.3) is 0 Å². The summed E-state index contributed by atoms with van der Waals surface area (Å²) in [6, 6.07) is 0. The molecule has 1 aliphatic rings. The van der Waals surface area contributed by atoms with Crippen LogP contribution in [0.3, 0.4) is 0 Å². The number of carbonyl (C=O) groups is 3. The van der Waals surface area contributed by atoms with E-state index in [9.17, 15) is 29.2 Å². The summed E-state index contributed by atoms with van der Waals surface area (Å²) in [7, 11) is -4.81. The predicted octanol–water partition coefficient (Wildman–Crippen LogP) is 11.6. The van der Waals surface area contributed by atoms with Gasteiger partial charge in [-0.3, -0.25) is 18.9 Å². The van der Waals surface area contributed by atoms with Gasteiger partial charge in [0.05, 0.1) is 18.8 Å². The van der Waals surface area contributed by atoms with E-state index >= 15 is 0 Å². The van der Waals surface area contributed by atoms with Gasteiger partial charge in [-0.15, -0.1) is 0 Å². The van der Waals surface area contributed by atoms with E-state index in [0.29, 0.717) is 25.7 Å². The highest BCUT2D eigenvalue weighted by molar-refractivity contribution is 7.46. The topological polar surface area (TPSA) is 177 Å². The van der Waals surface area contributed by atoms with Crippen LogP contribution < -0.4 is 0 Å². The molecule has 4 N–H and O–H groups in total.